The van der Waals surface area contributed by atoms with Gasteiger partial charge in [0.25, 0.3) is 5.69 Å². The van der Waals surface area contributed by atoms with E-state index in [2.05, 4.69) is 4.98 Å². The Balaban J connectivity index is 2.19. The molecule has 104 valence electrons. The summed E-state index contributed by atoms with van der Waals surface area (Å²) in [7, 11) is 0. The fourth-order valence-electron chi connectivity index (χ4n) is 1.54. The molecule has 0 aliphatic heterocycles. The van der Waals surface area contributed by atoms with Gasteiger partial charge in [-0.05, 0) is 26.0 Å². The molecule has 2 rings (SSSR count). The topological polar surface area (TPSA) is 74.5 Å². The zero-order chi connectivity index (χ0) is 14.5. The van der Waals surface area contributed by atoms with Crippen LogP contribution in [0.1, 0.15) is 13.8 Å². The van der Waals surface area contributed by atoms with Crippen LogP contribution in [0.15, 0.2) is 42.6 Å². The molecule has 2 aromatic rings. The molecule has 1 aromatic heterocycles. The minimum Gasteiger partial charge on any atom is -0.487 e. The van der Waals surface area contributed by atoms with E-state index in [0.717, 1.165) is 6.20 Å². The van der Waals surface area contributed by atoms with Crippen molar-refractivity contribution < 1.29 is 14.4 Å². The van der Waals surface area contributed by atoms with Crippen LogP contribution in [0.5, 0.6) is 17.4 Å². The second-order valence-electron chi connectivity index (χ2n) is 4.33. The third-order valence-corrected chi connectivity index (χ3v) is 2.36. The van der Waals surface area contributed by atoms with Gasteiger partial charge < -0.3 is 9.47 Å². The third-order valence-electron chi connectivity index (χ3n) is 2.36. The fraction of sp³-hybridized carbons (Fsp3) is 0.214. The van der Waals surface area contributed by atoms with Gasteiger partial charge >= 0.3 is 0 Å². The van der Waals surface area contributed by atoms with Gasteiger partial charge in [0.1, 0.15) is 6.20 Å². The highest BCUT2D eigenvalue weighted by Gasteiger charge is 2.10. The van der Waals surface area contributed by atoms with E-state index in [4.69, 9.17) is 9.47 Å². The Kier molecular flexibility index (Phi) is 4.14. The highest BCUT2D eigenvalue weighted by molar-refractivity contribution is 5.42. The molecule has 0 aliphatic carbocycles. The first-order valence-corrected chi connectivity index (χ1v) is 6.10. The van der Waals surface area contributed by atoms with Crippen molar-refractivity contribution in [3.63, 3.8) is 0 Å². The summed E-state index contributed by atoms with van der Waals surface area (Å²) >= 11 is 0. The first kappa shape index (κ1) is 13.8. The lowest BCUT2D eigenvalue weighted by Crippen LogP contribution is -2.06. The van der Waals surface area contributed by atoms with Gasteiger partial charge in [-0.2, -0.15) is 0 Å². The predicted molar refractivity (Wildman–Crippen MR) is 73.2 cm³/mol. The lowest BCUT2D eigenvalue weighted by atomic mass is 10.3. The van der Waals surface area contributed by atoms with Gasteiger partial charge in [0.15, 0.2) is 11.5 Å². The van der Waals surface area contributed by atoms with Crippen LogP contribution < -0.4 is 9.47 Å². The second kappa shape index (κ2) is 6.01. The van der Waals surface area contributed by atoms with Crippen LogP contribution >= 0.6 is 0 Å². The van der Waals surface area contributed by atoms with Crippen LogP contribution in [0.2, 0.25) is 0 Å². The number of ether oxygens (including phenoxy) is 2. The van der Waals surface area contributed by atoms with Crippen LogP contribution in [0.3, 0.4) is 0 Å². The van der Waals surface area contributed by atoms with E-state index in [1.807, 2.05) is 26.0 Å². The number of rotatable bonds is 5. The Morgan fingerprint density at radius 3 is 2.40 bits per heavy atom. The first-order valence-electron chi connectivity index (χ1n) is 6.10. The van der Waals surface area contributed by atoms with E-state index in [1.165, 1.54) is 12.1 Å². The molecule has 0 atom stereocenters. The summed E-state index contributed by atoms with van der Waals surface area (Å²) in [6, 6.07) is 9.99. The molecule has 0 aliphatic rings. The van der Waals surface area contributed by atoms with E-state index < -0.39 is 4.92 Å². The van der Waals surface area contributed by atoms with Crippen molar-refractivity contribution in [2.75, 3.05) is 0 Å². The number of pyridine rings is 1. The zero-order valence-electron chi connectivity index (χ0n) is 11.1. The standard InChI is InChI=1S/C14H14N2O4/c1-10(2)19-12-5-3-4-6-13(12)20-14-8-7-11(9-15-14)16(17)18/h3-10H,1-2H3. The molecule has 6 heteroatoms. The maximum Gasteiger partial charge on any atom is 0.287 e. The SMILES string of the molecule is CC(C)Oc1ccccc1Oc1ccc([N+](=O)[O-])cn1. The first-order chi connectivity index (χ1) is 9.56. The van der Waals surface area contributed by atoms with Crippen LogP contribution in [-0.2, 0) is 0 Å². The quantitative estimate of drug-likeness (QED) is 0.615. The summed E-state index contributed by atoms with van der Waals surface area (Å²) in [6.45, 7) is 3.84. The number of aromatic nitrogens is 1. The van der Waals surface area contributed by atoms with Gasteiger partial charge in [-0.25, -0.2) is 4.98 Å². The van der Waals surface area contributed by atoms with Crippen LogP contribution in [0, 0.1) is 10.1 Å². The maximum absolute atomic E-state index is 10.6. The molecule has 0 unspecified atom stereocenters. The molecular formula is C14H14N2O4. The van der Waals surface area contributed by atoms with Gasteiger partial charge in [-0.15, -0.1) is 0 Å². The minimum absolute atomic E-state index is 0.0181. The van der Waals surface area contributed by atoms with E-state index in [9.17, 15) is 10.1 Å². The normalized spacial score (nSPS) is 10.3. The average molecular weight is 274 g/mol. The molecular weight excluding hydrogens is 260 g/mol. The van der Waals surface area contributed by atoms with Crippen molar-refractivity contribution in [3.8, 4) is 17.4 Å². The van der Waals surface area contributed by atoms with Crippen LogP contribution in [0.4, 0.5) is 5.69 Å². The molecule has 0 radical (unpaired) electrons. The maximum atomic E-state index is 10.6. The molecule has 0 bridgehead atoms. The molecule has 1 aromatic carbocycles. The Bertz CT molecular complexity index is 596. The molecule has 0 saturated carbocycles. The van der Waals surface area contributed by atoms with E-state index in [0.29, 0.717) is 11.5 Å². The van der Waals surface area contributed by atoms with Gasteiger partial charge in [0, 0.05) is 12.1 Å². The number of hydrogen-bond acceptors (Lipinski definition) is 5. The summed E-state index contributed by atoms with van der Waals surface area (Å²) in [5.41, 5.74) is -0.0796. The lowest BCUT2D eigenvalue weighted by Gasteiger charge is -2.13. The second-order valence-corrected chi connectivity index (χ2v) is 4.33. The van der Waals surface area contributed by atoms with E-state index >= 15 is 0 Å². The summed E-state index contributed by atoms with van der Waals surface area (Å²) in [6.07, 6.45) is 1.17. The number of benzene rings is 1. The fourth-order valence-corrected chi connectivity index (χ4v) is 1.54. The number of para-hydroxylation sites is 2. The Hall–Kier alpha value is -2.63. The summed E-state index contributed by atoms with van der Waals surface area (Å²) in [5, 5.41) is 10.6. The highest BCUT2D eigenvalue weighted by atomic mass is 16.6. The van der Waals surface area contributed by atoms with Crippen molar-refractivity contribution in [2.24, 2.45) is 0 Å². The highest BCUT2D eigenvalue weighted by Crippen LogP contribution is 2.31. The van der Waals surface area contributed by atoms with Gasteiger partial charge in [-0.3, -0.25) is 10.1 Å². The Morgan fingerprint density at radius 2 is 1.85 bits per heavy atom. The summed E-state index contributed by atoms with van der Waals surface area (Å²) in [5.74, 6) is 1.39. The molecule has 0 spiro atoms. The van der Waals surface area contributed by atoms with Gasteiger partial charge in [0.2, 0.25) is 5.88 Å². The molecule has 0 saturated heterocycles. The molecule has 0 amide bonds. The van der Waals surface area contributed by atoms with E-state index in [1.54, 1.807) is 12.1 Å². The third kappa shape index (κ3) is 3.44. The van der Waals surface area contributed by atoms with Crippen LogP contribution in [0.25, 0.3) is 0 Å². The summed E-state index contributed by atoms with van der Waals surface area (Å²) in [4.78, 5) is 13.9. The van der Waals surface area contributed by atoms with Crippen LogP contribution in [-0.4, -0.2) is 16.0 Å². The average Bonchev–Trinajstić information content (AvgIpc) is 2.41. The number of nitro groups is 1. The van der Waals surface area contributed by atoms with Crippen molar-refractivity contribution in [3.05, 3.63) is 52.7 Å². The molecule has 6 nitrogen and oxygen atoms in total. The van der Waals surface area contributed by atoms with E-state index in [-0.39, 0.29) is 17.7 Å². The smallest absolute Gasteiger partial charge is 0.287 e. The number of hydrogen-bond donors (Lipinski definition) is 0. The van der Waals surface area contributed by atoms with Crippen molar-refractivity contribution >= 4 is 5.69 Å². The summed E-state index contributed by atoms with van der Waals surface area (Å²) < 4.78 is 11.2. The number of nitrogens with zero attached hydrogens (tertiary/aromatic N) is 2. The van der Waals surface area contributed by atoms with Crippen molar-refractivity contribution in [1.29, 1.82) is 0 Å². The molecule has 20 heavy (non-hydrogen) atoms. The minimum atomic E-state index is -0.507. The van der Waals surface area contributed by atoms with Crippen molar-refractivity contribution in [2.45, 2.75) is 20.0 Å². The molecule has 0 N–H and O–H groups in total. The monoisotopic (exact) mass is 274 g/mol. The molecule has 1 heterocycles. The Labute approximate surface area is 116 Å². The van der Waals surface area contributed by atoms with Gasteiger partial charge in [-0.1, -0.05) is 12.1 Å². The lowest BCUT2D eigenvalue weighted by molar-refractivity contribution is -0.385. The molecule has 0 fully saturated rings. The van der Waals surface area contributed by atoms with Crippen molar-refractivity contribution in [1.82, 2.24) is 4.98 Å². The predicted octanol–water partition coefficient (Wildman–Crippen LogP) is 3.57. The zero-order valence-corrected chi connectivity index (χ0v) is 11.1. The Morgan fingerprint density at radius 1 is 1.15 bits per heavy atom. The van der Waals surface area contributed by atoms with Gasteiger partial charge in [0.05, 0.1) is 11.0 Å². The largest absolute Gasteiger partial charge is 0.487 e.